The maximum atomic E-state index is 13.4. The predicted molar refractivity (Wildman–Crippen MR) is 65.3 cm³/mol. The van der Waals surface area contributed by atoms with Crippen molar-refractivity contribution < 1.29 is 19.0 Å². The molecule has 0 aliphatic carbocycles. The van der Waals surface area contributed by atoms with E-state index in [1.807, 2.05) is 0 Å². The van der Waals surface area contributed by atoms with Crippen LogP contribution in [0.2, 0.25) is 5.15 Å². The van der Waals surface area contributed by atoms with Crippen molar-refractivity contribution in [2.24, 2.45) is 0 Å². The van der Waals surface area contributed by atoms with Gasteiger partial charge in [0.1, 0.15) is 0 Å². The Labute approximate surface area is 111 Å². The number of aryl methyl sites for hydroxylation is 1. The zero-order valence-electron chi connectivity index (χ0n) is 9.11. The highest BCUT2D eigenvalue weighted by molar-refractivity contribution is 7.15. The van der Waals surface area contributed by atoms with Gasteiger partial charge in [-0.3, -0.25) is 0 Å². The van der Waals surface area contributed by atoms with Crippen molar-refractivity contribution in [3.63, 3.8) is 0 Å². The molecule has 0 aliphatic rings. The van der Waals surface area contributed by atoms with Gasteiger partial charge in [0.05, 0.1) is 0 Å². The molecule has 0 aliphatic heterocycles. The molecule has 1 N–H and O–H groups in total. The minimum atomic E-state index is -1.20. The van der Waals surface area contributed by atoms with E-state index in [4.69, 9.17) is 21.4 Å². The number of nitrogens with zero attached hydrogens (tertiary/aromatic N) is 1. The number of rotatable bonds is 3. The molecule has 0 saturated heterocycles. The van der Waals surface area contributed by atoms with Crippen LogP contribution in [0.5, 0.6) is 10.9 Å². The summed E-state index contributed by atoms with van der Waals surface area (Å²) in [7, 11) is 0. The van der Waals surface area contributed by atoms with Crippen molar-refractivity contribution >= 4 is 28.9 Å². The van der Waals surface area contributed by atoms with Crippen LogP contribution in [0.4, 0.5) is 4.39 Å². The number of ether oxygens (including phenoxy) is 1. The van der Waals surface area contributed by atoms with Crippen LogP contribution in [0, 0.1) is 12.7 Å². The third kappa shape index (κ3) is 2.60. The van der Waals surface area contributed by atoms with E-state index in [0.29, 0.717) is 0 Å². The quantitative estimate of drug-likeness (QED) is 0.934. The molecule has 1 aromatic carbocycles. The zero-order chi connectivity index (χ0) is 13.3. The molecule has 4 nitrogen and oxygen atoms in total. The molecule has 94 valence electrons. The Morgan fingerprint density at radius 3 is 2.89 bits per heavy atom. The SMILES string of the molecule is Cc1ccc(F)c(Oc2nc(Cl)c(C(=O)O)s2)c1. The van der Waals surface area contributed by atoms with Crippen LogP contribution < -0.4 is 4.74 Å². The lowest BCUT2D eigenvalue weighted by Crippen LogP contribution is -1.91. The van der Waals surface area contributed by atoms with Gasteiger partial charge in [0.15, 0.2) is 21.6 Å². The number of carboxylic acids is 1. The van der Waals surface area contributed by atoms with E-state index in [2.05, 4.69) is 4.98 Å². The van der Waals surface area contributed by atoms with Gasteiger partial charge < -0.3 is 9.84 Å². The molecule has 0 spiro atoms. The van der Waals surface area contributed by atoms with Crippen LogP contribution in [0.25, 0.3) is 0 Å². The van der Waals surface area contributed by atoms with E-state index < -0.39 is 11.8 Å². The number of hydrogen-bond acceptors (Lipinski definition) is 4. The van der Waals surface area contributed by atoms with Crippen LogP contribution in [-0.2, 0) is 0 Å². The highest BCUT2D eigenvalue weighted by Gasteiger charge is 2.17. The molecular formula is C11H7ClFNO3S. The first-order valence-corrected chi connectivity index (χ1v) is 6.00. The van der Waals surface area contributed by atoms with Crippen molar-refractivity contribution in [3.05, 3.63) is 39.6 Å². The van der Waals surface area contributed by atoms with Crippen molar-refractivity contribution in [2.45, 2.75) is 6.92 Å². The molecule has 7 heteroatoms. The average molecular weight is 288 g/mol. The van der Waals surface area contributed by atoms with Crippen molar-refractivity contribution in [3.8, 4) is 10.9 Å². The summed E-state index contributed by atoms with van der Waals surface area (Å²) in [5, 5.41) is 8.62. The number of halogens is 2. The van der Waals surface area contributed by atoms with E-state index in [1.54, 1.807) is 13.0 Å². The number of aromatic nitrogens is 1. The molecule has 0 fully saturated rings. The number of aromatic carboxylic acids is 1. The summed E-state index contributed by atoms with van der Waals surface area (Å²) >= 11 is 6.37. The van der Waals surface area contributed by atoms with E-state index in [0.717, 1.165) is 16.9 Å². The Hall–Kier alpha value is -1.66. The summed E-state index contributed by atoms with van der Waals surface area (Å²) in [5.41, 5.74) is 0.813. The minimum absolute atomic E-state index is 0.0121. The van der Waals surface area contributed by atoms with Gasteiger partial charge >= 0.3 is 5.97 Å². The fourth-order valence-corrected chi connectivity index (χ4v) is 2.23. The third-order valence-electron chi connectivity index (χ3n) is 2.04. The molecule has 0 unspecified atom stereocenters. The van der Waals surface area contributed by atoms with Gasteiger partial charge in [-0.25, -0.2) is 9.18 Å². The first-order chi connectivity index (χ1) is 8.47. The number of carboxylic acid groups (broad SMARTS) is 1. The second-order valence-electron chi connectivity index (χ2n) is 3.44. The Bertz CT molecular complexity index is 614. The van der Waals surface area contributed by atoms with Crippen LogP contribution in [0.15, 0.2) is 18.2 Å². The first-order valence-electron chi connectivity index (χ1n) is 4.81. The minimum Gasteiger partial charge on any atom is -0.477 e. The van der Waals surface area contributed by atoms with Gasteiger partial charge in [0.2, 0.25) is 0 Å². The summed E-state index contributed by atoms with van der Waals surface area (Å²) in [4.78, 5) is 14.3. The van der Waals surface area contributed by atoms with Crippen molar-refractivity contribution in [2.75, 3.05) is 0 Å². The number of thiazole rings is 1. The van der Waals surface area contributed by atoms with Gasteiger partial charge in [-0.15, -0.1) is 0 Å². The standard InChI is InChI=1S/C11H7ClFNO3S/c1-5-2-3-6(13)7(4-5)17-11-14-9(12)8(18-11)10(15)16/h2-4H,1H3,(H,15,16). The third-order valence-corrected chi connectivity index (χ3v) is 3.35. The van der Waals surface area contributed by atoms with Gasteiger partial charge in [0, 0.05) is 0 Å². The summed E-state index contributed by atoms with van der Waals surface area (Å²) in [6.45, 7) is 1.78. The topological polar surface area (TPSA) is 59.4 Å². The fourth-order valence-electron chi connectivity index (χ4n) is 1.24. The predicted octanol–water partition coefficient (Wildman–Crippen LogP) is 3.73. The van der Waals surface area contributed by atoms with Crippen LogP contribution >= 0.6 is 22.9 Å². The molecular weight excluding hydrogens is 281 g/mol. The smallest absolute Gasteiger partial charge is 0.349 e. The van der Waals surface area contributed by atoms with Crippen LogP contribution in [0.3, 0.4) is 0 Å². The fraction of sp³-hybridized carbons (Fsp3) is 0.0909. The average Bonchev–Trinajstić information content (AvgIpc) is 2.65. The van der Waals surface area contributed by atoms with Gasteiger partial charge in [-0.2, -0.15) is 4.98 Å². The second kappa shape index (κ2) is 4.91. The highest BCUT2D eigenvalue weighted by Crippen LogP contribution is 2.33. The zero-order valence-corrected chi connectivity index (χ0v) is 10.7. The largest absolute Gasteiger partial charge is 0.477 e. The molecule has 2 aromatic rings. The van der Waals surface area contributed by atoms with Crippen LogP contribution in [0.1, 0.15) is 15.2 Å². The van der Waals surface area contributed by atoms with Crippen molar-refractivity contribution in [1.29, 1.82) is 0 Å². The highest BCUT2D eigenvalue weighted by atomic mass is 35.5. The Morgan fingerprint density at radius 2 is 2.28 bits per heavy atom. The lowest BCUT2D eigenvalue weighted by molar-refractivity contribution is 0.0702. The maximum absolute atomic E-state index is 13.4. The number of benzene rings is 1. The molecule has 18 heavy (non-hydrogen) atoms. The molecule has 0 radical (unpaired) electrons. The number of hydrogen-bond donors (Lipinski definition) is 1. The Morgan fingerprint density at radius 1 is 1.56 bits per heavy atom. The molecule has 0 amide bonds. The maximum Gasteiger partial charge on any atom is 0.349 e. The lowest BCUT2D eigenvalue weighted by atomic mass is 10.2. The molecule has 1 aromatic heterocycles. The Balaban J connectivity index is 2.31. The summed E-state index contributed by atoms with van der Waals surface area (Å²) < 4.78 is 18.6. The van der Waals surface area contributed by atoms with Crippen molar-refractivity contribution in [1.82, 2.24) is 4.98 Å². The summed E-state index contributed by atoms with van der Waals surface area (Å²) in [5.74, 6) is -1.77. The normalized spacial score (nSPS) is 10.4. The monoisotopic (exact) mass is 287 g/mol. The first kappa shape index (κ1) is 12.8. The molecule has 0 saturated carbocycles. The van der Waals surface area contributed by atoms with Gasteiger partial charge in [-0.05, 0) is 24.6 Å². The molecule has 0 atom stereocenters. The van der Waals surface area contributed by atoms with E-state index in [9.17, 15) is 9.18 Å². The summed E-state index contributed by atoms with van der Waals surface area (Å²) in [6, 6.07) is 4.35. The summed E-state index contributed by atoms with van der Waals surface area (Å²) in [6.07, 6.45) is 0. The van der Waals surface area contributed by atoms with E-state index >= 15 is 0 Å². The Kier molecular flexibility index (Phi) is 3.49. The second-order valence-corrected chi connectivity index (χ2v) is 4.76. The number of carbonyl (C=O) groups is 1. The lowest BCUT2D eigenvalue weighted by Gasteiger charge is -2.03. The molecule has 1 heterocycles. The van der Waals surface area contributed by atoms with Crippen LogP contribution in [-0.4, -0.2) is 16.1 Å². The van der Waals surface area contributed by atoms with E-state index in [1.165, 1.54) is 12.1 Å². The molecule has 2 rings (SSSR count). The van der Waals surface area contributed by atoms with Gasteiger partial charge in [0.25, 0.3) is 5.19 Å². The molecule has 0 bridgehead atoms. The van der Waals surface area contributed by atoms with E-state index in [-0.39, 0.29) is 21.0 Å². The van der Waals surface area contributed by atoms with Gasteiger partial charge in [-0.1, -0.05) is 29.0 Å².